The average Bonchev–Trinajstić information content (AvgIpc) is 3.21. The van der Waals surface area contributed by atoms with Gasteiger partial charge < -0.3 is 14.7 Å². The molecule has 0 saturated carbocycles. The molecule has 3 aromatic rings. The largest absolute Gasteiger partial charge is 0.497 e. The van der Waals surface area contributed by atoms with Crippen molar-refractivity contribution >= 4 is 34.8 Å². The topological polar surface area (TPSA) is 62.7 Å². The first kappa shape index (κ1) is 23.7. The molecule has 0 fully saturated rings. The van der Waals surface area contributed by atoms with Crippen molar-refractivity contribution in [3.05, 3.63) is 65.0 Å². The number of hydrogen-bond acceptors (Lipinski definition) is 5. The van der Waals surface area contributed by atoms with E-state index in [0.717, 1.165) is 27.7 Å². The molecule has 30 heavy (non-hydrogen) atoms. The van der Waals surface area contributed by atoms with Crippen molar-refractivity contribution in [2.45, 2.75) is 32.7 Å². The Bertz CT molecular complexity index is 957. The highest BCUT2D eigenvalue weighted by atomic mass is 35.5. The lowest BCUT2D eigenvalue weighted by Gasteiger charge is -2.21. The summed E-state index contributed by atoms with van der Waals surface area (Å²) in [6, 6.07) is 16.3. The molecule has 0 saturated heterocycles. The van der Waals surface area contributed by atoms with Crippen LogP contribution in [0.15, 0.2) is 53.9 Å². The number of carboxylic acids is 1. The number of aliphatic carboxylic acids is 1. The zero-order valence-corrected chi connectivity index (χ0v) is 19.0. The molecule has 2 aromatic carbocycles. The second-order valence-corrected chi connectivity index (χ2v) is 8.05. The fraction of sp³-hybridized carbons (Fsp3) is 0.304. The second kappa shape index (κ2) is 11.0. The number of anilines is 1. The average molecular weight is 447 g/mol. The van der Waals surface area contributed by atoms with Gasteiger partial charge in [-0.15, -0.1) is 23.7 Å². The SMILES string of the molecule is COc1cccc(CN(CCC(=O)O)c2nc(-c3ccc(C(C)C)cc3)cs2)c1.Cl. The maximum Gasteiger partial charge on any atom is 0.305 e. The monoisotopic (exact) mass is 446 g/mol. The summed E-state index contributed by atoms with van der Waals surface area (Å²) in [5.74, 6) is 0.455. The molecular weight excluding hydrogens is 420 g/mol. The van der Waals surface area contributed by atoms with E-state index in [-0.39, 0.29) is 18.8 Å². The van der Waals surface area contributed by atoms with Crippen LogP contribution in [0.1, 0.15) is 37.3 Å². The summed E-state index contributed by atoms with van der Waals surface area (Å²) in [5, 5.41) is 12.0. The zero-order valence-electron chi connectivity index (χ0n) is 17.4. The fourth-order valence-corrected chi connectivity index (χ4v) is 3.91. The summed E-state index contributed by atoms with van der Waals surface area (Å²) >= 11 is 1.53. The van der Waals surface area contributed by atoms with Crippen molar-refractivity contribution in [2.24, 2.45) is 0 Å². The molecule has 0 aliphatic heterocycles. The van der Waals surface area contributed by atoms with Crippen LogP contribution in [0.4, 0.5) is 5.13 Å². The van der Waals surface area contributed by atoms with Crippen LogP contribution in [0.5, 0.6) is 5.75 Å². The van der Waals surface area contributed by atoms with Crippen LogP contribution in [0.3, 0.4) is 0 Å². The van der Waals surface area contributed by atoms with Gasteiger partial charge in [-0.2, -0.15) is 0 Å². The molecule has 0 radical (unpaired) electrons. The first-order valence-corrected chi connectivity index (χ1v) is 10.5. The predicted octanol–water partition coefficient (Wildman–Crippen LogP) is 5.85. The summed E-state index contributed by atoms with van der Waals surface area (Å²) in [7, 11) is 1.64. The van der Waals surface area contributed by atoms with Crippen LogP contribution in [-0.4, -0.2) is 29.7 Å². The standard InChI is InChI=1S/C23H26N2O3S.ClH/c1-16(2)18-7-9-19(10-8-18)21-15-29-23(24-21)25(12-11-22(26)27)14-17-5-4-6-20(13-17)28-3;/h4-10,13,15-16H,11-12,14H2,1-3H3,(H,26,27);1H. The number of rotatable bonds is 9. The molecule has 7 heteroatoms. The minimum atomic E-state index is -0.818. The molecule has 1 aromatic heterocycles. The maximum atomic E-state index is 11.1. The number of hydrogen-bond donors (Lipinski definition) is 1. The van der Waals surface area contributed by atoms with Gasteiger partial charge in [0, 0.05) is 24.0 Å². The van der Waals surface area contributed by atoms with Crippen LogP contribution in [0.2, 0.25) is 0 Å². The lowest BCUT2D eigenvalue weighted by Crippen LogP contribution is -2.25. The quantitative estimate of drug-likeness (QED) is 0.447. The number of carboxylic acid groups (broad SMARTS) is 1. The van der Waals surface area contributed by atoms with Crippen LogP contribution in [0, 0.1) is 0 Å². The predicted molar refractivity (Wildman–Crippen MR) is 125 cm³/mol. The Hall–Kier alpha value is -2.57. The number of carbonyl (C=O) groups is 1. The van der Waals surface area contributed by atoms with E-state index in [1.807, 2.05) is 34.5 Å². The molecule has 0 spiro atoms. The van der Waals surface area contributed by atoms with E-state index >= 15 is 0 Å². The van der Waals surface area contributed by atoms with Crippen molar-refractivity contribution < 1.29 is 14.6 Å². The maximum absolute atomic E-state index is 11.1. The van der Waals surface area contributed by atoms with E-state index in [2.05, 4.69) is 38.1 Å². The lowest BCUT2D eigenvalue weighted by atomic mass is 10.0. The minimum absolute atomic E-state index is 0. The van der Waals surface area contributed by atoms with Crippen molar-refractivity contribution in [1.29, 1.82) is 0 Å². The molecule has 0 bridgehead atoms. The zero-order chi connectivity index (χ0) is 20.8. The molecule has 5 nitrogen and oxygen atoms in total. The molecule has 1 N–H and O–H groups in total. The highest BCUT2D eigenvalue weighted by Crippen LogP contribution is 2.30. The number of thiazole rings is 1. The van der Waals surface area contributed by atoms with Gasteiger partial charge >= 0.3 is 5.97 Å². The van der Waals surface area contributed by atoms with Crippen molar-refractivity contribution in [3.8, 4) is 17.0 Å². The molecule has 0 atom stereocenters. The van der Waals surface area contributed by atoms with E-state index in [9.17, 15) is 4.79 Å². The first-order valence-electron chi connectivity index (χ1n) is 9.62. The van der Waals surface area contributed by atoms with Gasteiger partial charge in [-0.05, 0) is 29.2 Å². The Kier molecular flexibility index (Phi) is 8.69. The van der Waals surface area contributed by atoms with E-state index in [4.69, 9.17) is 14.8 Å². The number of benzene rings is 2. The molecule has 0 unspecified atom stereocenters. The Labute approximate surface area is 187 Å². The number of aromatic nitrogens is 1. The summed E-state index contributed by atoms with van der Waals surface area (Å²) in [5.41, 5.74) is 4.32. The van der Waals surface area contributed by atoms with Gasteiger partial charge in [0.25, 0.3) is 0 Å². The summed E-state index contributed by atoms with van der Waals surface area (Å²) in [4.78, 5) is 17.9. The third-order valence-electron chi connectivity index (χ3n) is 4.74. The molecule has 3 rings (SSSR count). The highest BCUT2D eigenvalue weighted by molar-refractivity contribution is 7.14. The fourth-order valence-electron chi connectivity index (χ4n) is 3.05. The van der Waals surface area contributed by atoms with Gasteiger partial charge in [0.15, 0.2) is 5.13 Å². The number of halogens is 1. The highest BCUT2D eigenvalue weighted by Gasteiger charge is 2.15. The van der Waals surface area contributed by atoms with Gasteiger partial charge in [-0.25, -0.2) is 4.98 Å². The molecule has 1 heterocycles. The van der Waals surface area contributed by atoms with Crippen molar-refractivity contribution in [1.82, 2.24) is 4.98 Å². The Morgan fingerprint density at radius 3 is 2.57 bits per heavy atom. The molecule has 0 aliphatic carbocycles. The van der Waals surface area contributed by atoms with E-state index in [1.165, 1.54) is 16.9 Å². The van der Waals surface area contributed by atoms with Gasteiger partial charge in [-0.1, -0.05) is 50.2 Å². The second-order valence-electron chi connectivity index (χ2n) is 7.21. The van der Waals surface area contributed by atoms with E-state index in [1.54, 1.807) is 7.11 Å². The third kappa shape index (κ3) is 6.21. The molecular formula is C23H27ClN2O3S. The van der Waals surface area contributed by atoms with Crippen molar-refractivity contribution in [2.75, 3.05) is 18.6 Å². The Balaban J connectivity index is 0.00000320. The summed E-state index contributed by atoms with van der Waals surface area (Å²) in [6.07, 6.45) is 0.0575. The van der Waals surface area contributed by atoms with Gasteiger partial charge in [0.2, 0.25) is 0 Å². The van der Waals surface area contributed by atoms with Gasteiger partial charge in [-0.3, -0.25) is 4.79 Å². The third-order valence-corrected chi connectivity index (χ3v) is 5.64. The van der Waals surface area contributed by atoms with Gasteiger partial charge in [0.05, 0.1) is 19.2 Å². The van der Waals surface area contributed by atoms with Gasteiger partial charge in [0.1, 0.15) is 5.75 Å². The van der Waals surface area contributed by atoms with Crippen molar-refractivity contribution in [3.63, 3.8) is 0 Å². The van der Waals surface area contributed by atoms with Crippen LogP contribution in [0.25, 0.3) is 11.3 Å². The smallest absolute Gasteiger partial charge is 0.305 e. The number of ether oxygens (including phenoxy) is 1. The summed E-state index contributed by atoms with van der Waals surface area (Å²) < 4.78 is 5.30. The number of nitrogens with zero attached hydrogens (tertiary/aromatic N) is 2. The van der Waals surface area contributed by atoms with E-state index in [0.29, 0.717) is 19.0 Å². The normalized spacial score (nSPS) is 10.5. The van der Waals surface area contributed by atoms with Crippen LogP contribution < -0.4 is 9.64 Å². The summed E-state index contributed by atoms with van der Waals surface area (Å²) in [6.45, 7) is 5.32. The van der Waals surface area contributed by atoms with Crippen LogP contribution in [-0.2, 0) is 11.3 Å². The molecule has 160 valence electrons. The van der Waals surface area contributed by atoms with Crippen LogP contribution >= 0.6 is 23.7 Å². The first-order chi connectivity index (χ1) is 14.0. The lowest BCUT2D eigenvalue weighted by molar-refractivity contribution is -0.136. The molecule has 0 amide bonds. The molecule has 0 aliphatic rings. The number of methoxy groups -OCH3 is 1. The Morgan fingerprint density at radius 2 is 1.93 bits per heavy atom. The van der Waals surface area contributed by atoms with E-state index < -0.39 is 5.97 Å². The Morgan fingerprint density at radius 1 is 1.20 bits per heavy atom. The minimum Gasteiger partial charge on any atom is -0.497 e.